The topological polar surface area (TPSA) is 24.4 Å². The van der Waals surface area contributed by atoms with Crippen LogP contribution in [-0.4, -0.2) is 10.9 Å². The number of hydrogen-bond acceptors (Lipinski definition) is 3. The number of aryl methyl sites for hydroxylation is 1. The molecule has 102 valence electrons. The van der Waals surface area contributed by atoms with Gasteiger partial charge in [0, 0.05) is 11.4 Å². The smallest absolute Gasteiger partial charge is 0.161 e. The van der Waals surface area contributed by atoms with E-state index in [0.29, 0.717) is 5.56 Å². The van der Waals surface area contributed by atoms with Crippen LogP contribution in [0, 0.1) is 12.7 Å². The fraction of sp³-hybridized carbons (Fsp3) is 0.188. The van der Waals surface area contributed by atoms with Crippen LogP contribution >= 0.6 is 11.8 Å². The molecule has 1 aliphatic heterocycles. The van der Waals surface area contributed by atoms with E-state index in [-0.39, 0.29) is 11.9 Å². The molecule has 0 saturated carbocycles. The molecule has 0 aromatic heterocycles. The van der Waals surface area contributed by atoms with Crippen LogP contribution in [0.1, 0.15) is 17.2 Å². The maximum Gasteiger partial charge on any atom is 0.161 e. The molecule has 2 nitrogen and oxygen atoms in total. The maximum atomic E-state index is 13.2. The minimum absolute atomic E-state index is 0.182. The van der Waals surface area contributed by atoms with E-state index in [2.05, 4.69) is 22.4 Å². The van der Waals surface area contributed by atoms with Crippen LogP contribution in [0.5, 0.6) is 0 Å². The Balaban J connectivity index is 1.74. The van der Waals surface area contributed by atoms with Crippen molar-refractivity contribution in [3.8, 4) is 0 Å². The molecule has 20 heavy (non-hydrogen) atoms. The Morgan fingerprint density at radius 1 is 1.20 bits per heavy atom. The van der Waals surface area contributed by atoms with Crippen molar-refractivity contribution in [3.63, 3.8) is 0 Å². The lowest BCUT2D eigenvalue weighted by molar-refractivity contribution is 0.619. The van der Waals surface area contributed by atoms with Gasteiger partial charge in [-0.3, -0.25) is 4.99 Å². The Hall–Kier alpha value is -1.81. The molecule has 1 heterocycles. The highest BCUT2D eigenvalue weighted by Gasteiger charge is 2.19. The van der Waals surface area contributed by atoms with Crippen LogP contribution in [-0.2, 0) is 0 Å². The fourth-order valence-electron chi connectivity index (χ4n) is 2.13. The average molecular weight is 286 g/mol. The van der Waals surface area contributed by atoms with Gasteiger partial charge in [-0.25, -0.2) is 4.39 Å². The fourth-order valence-corrected chi connectivity index (χ4v) is 3.11. The van der Waals surface area contributed by atoms with Gasteiger partial charge in [-0.2, -0.15) is 0 Å². The first-order chi connectivity index (χ1) is 9.72. The summed E-state index contributed by atoms with van der Waals surface area (Å²) < 4.78 is 13.2. The molecular formula is C16H15FN2S. The molecule has 3 rings (SSSR count). The molecule has 0 bridgehead atoms. The van der Waals surface area contributed by atoms with Crippen LogP contribution in [0.3, 0.4) is 0 Å². The zero-order valence-corrected chi connectivity index (χ0v) is 12.0. The zero-order valence-electron chi connectivity index (χ0n) is 11.1. The molecule has 1 N–H and O–H groups in total. The lowest BCUT2D eigenvalue weighted by atomic mass is 10.1. The van der Waals surface area contributed by atoms with E-state index in [9.17, 15) is 4.39 Å². The molecule has 2 aromatic rings. The minimum Gasteiger partial charge on any atom is -0.335 e. The van der Waals surface area contributed by atoms with Gasteiger partial charge in [-0.15, -0.1) is 0 Å². The maximum absolute atomic E-state index is 13.2. The third-order valence-corrected chi connectivity index (χ3v) is 4.21. The highest BCUT2D eigenvalue weighted by molar-refractivity contribution is 8.14. The molecule has 4 heteroatoms. The largest absolute Gasteiger partial charge is 0.335 e. The number of hydrogen-bond donors (Lipinski definition) is 1. The Kier molecular flexibility index (Phi) is 3.74. The van der Waals surface area contributed by atoms with Crippen LogP contribution in [0.25, 0.3) is 0 Å². The molecule has 0 fully saturated rings. The van der Waals surface area contributed by atoms with Gasteiger partial charge in [-0.1, -0.05) is 42.1 Å². The molecule has 0 spiro atoms. The van der Waals surface area contributed by atoms with Crippen LogP contribution in [0.2, 0.25) is 0 Å². The van der Waals surface area contributed by atoms with Gasteiger partial charge in [0.15, 0.2) is 5.17 Å². The summed E-state index contributed by atoms with van der Waals surface area (Å²) in [7, 11) is 0. The van der Waals surface area contributed by atoms with Crippen LogP contribution in [0.15, 0.2) is 53.5 Å². The lowest BCUT2D eigenvalue weighted by Crippen LogP contribution is -2.05. The Morgan fingerprint density at radius 2 is 2.00 bits per heavy atom. The van der Waals surface area contributed by atoms with E-state index in [1.54, 1.807) is 30.8 Å². The van der Waals surface area contributed by atoms with Crippen molar-refractivity contribution in [1.82, 2.24) is 0 Å². The molecule has 0 saturated heterocycles. The summed E-state index contributed by atoms with van der Waals surface area (Å²) in [6, 6.07) is 15.5. The number of nitrogens with zero attached hydrogens (tertiary/aromatic N) is 1. The highest BCUT2D eigenvalue weighted by Crippen LogP contribution is 2.30. The number of aliphatic imine (C=N–C) groups is 1. The SMILES string of the molecule is Cc1cc(NC2=NC(c3ccccc3)CS2)ccc1F. The van der Waals surface area contributed by atoms with Crippen molar-refractivity contribution in [2.75, 3.05) is 11.1 Å². The summed E-state index contributed by atoms with van der Waals surface area (Å²) in [4.78, 5) is 4.68. The zero-order chi connectivity index (χ0) is 13.9. The second kappa shape index (κ2) is 5.67. The van der Waals surface area contributed by atoms with Crippen molar-refractivity contribution >= 4 is 22.6 Å². The molecule has 0 amide bonds. The van der Waals surface area contributed by atoms with Crippen molar-refractivity contribution in [2.24, 2.45) is 4.99 Å². The summed E-state index contributed by atoms with van der Waals surface area (Å²) in [6.45, 7) is 1.76. The van der Waals surface area contributed by atoms with Crippen molar-refractivity contribution in [3.05, 3.63) is 65.5 Å². The molecule has 1 unspecified atom stereocenters. The van der Waals surface area contributed by atoms with E-state index in [4.69, 9.17) is 0 Å². The number of halogens is 1. The number of amidine groups is 1. The Bertz CT molecular complexity index is 640. The van der Waals surface area contributed by atoms with Crippen molar-refractivity contribution < 1.29 is 4.39 Å². The minimum atomic E-state index is -0.182. The van der Waals surface area contributed by atoms with E-state index in [1.807, 2.05) is 18.2 Å². The van der Waals surface area contributed by atoms with Gasteiger partial charge in [0.25, 0.3) is 0 Å². The summed E-state index contributed by atoms with van der Waals surface area (Å²) in [5.41, 5.74) is 2.74. The number of anilines is 1. The summed E-state index contributed by atoms with van der Waals surface area (Å²) >= 11 is 1.70. The van der Waals surface area contributed by atoms with E-state index in [0.717, 1.165) is 16.6 Å². The van der Waals surface area contributed by atoms with Crippen molar-refractivity contribution in [2.45, 2.75) is 13.0 Å². The second-order valence-corrected chi connectivity index (χ2v) is 5.77. The third-order valence-electron chi connectivity index (χ3n) is 3.24. The van der Waals surface area contributed by atoms with Crippen LogP contribution in [0.4, 0.5) is 10.1 Å². The summed E-state index contributed by atoms with van der Waals surface area (Å²) in [5.74, 6) is 0.755. The normalized spacial score (nSPS) is 17.9. The number of nitrogens with one attached hydrogen (secondary N) is 1. The van der Waals surface area contributed by atoms with Gasteiger partial charge in [0.2, 0.25) is 0 Å². The third kappa shape index (κ3) is 2.85. The number of thioether (sulfide) groups is 1. The predicted octanol–water partition coefficient (Wildman–Crippen LogP) is 4.39. The second-order valence-electron chi connectivity index (χ2n) is 4.76. The lowest BCUT2D eigenvalue weighted by Gasteiger charge is -2.06. The average Bonchev–Trinajstić information content (AvgIpc) is 2.92. The quantitative estimate of drug-likeness (QED) is 0.885. The van der Waals surface area contributed by atoms with Crippen molar-refractivity contribution in [1.29, 1.82) is 0 Å². The highest BCUT2D eigenvalue weighted by atomic mass is 32.2. The molecule has 0 aliphatic carbocycles. The summed E-state index contributed by atoms with van der Waals surface area (Å²) in [6.07, 6.45) is 0. The first-order valence-corrected chi connectivity index (χ1v) is 7.49. The number of rotatable bonds is 2. The van der Waals surface area contributed by atoms with Gasteiger partial charge in [0.05, 0.1) is 6.04 Å². The molecule has 1 aliphatic rings. The standard InChI is InChI=1S/C16H15FN2S/c1-11-9-13(7-8-14(11)17)18-16-19-15(10-20-16)12-5-3-2-4-6-12/h2-9,15H,10H2,1H3,(H,18,19). The molecule has 0 radical (unpaired) electrons. The van der Waals surface area contributed by atoms with Gasteiger partial charge >= 0.3 is 0 Å². The summed E-state index contributed by atoms with van der Waals surface area (Å²) in [5, 5.41) is 4.15. The van der Waals surface area contributed by atoms with Gasteiger partial charge < -0.3 is 5.32 Å². The first kappa shape index (κ1) is 13.2. The van der Waals surface area contributed by atoms with Gasteiger partial charge in [0.1, 0.15) is 5.82 Å². The molecule has 1 atom stereocenters. The Morgan fingerprint density at radius 3 is 2.75 bits per heavy atom. The van der Waals surface area contributed by atoms with Gasteiger partial charge in [-0.05, 0) is 36.2 Å². The van der Waals surface area contributed by atoms with E-state index < -0.39 is 0 Å². The molecule has 2 aromatic carbocycles. The van der Waals surface area contributed by atoms with E-state index >= 15 is 0 Å². The monoisotopic (exact) mass is 286 g/mol. The van der Waals surface area contributed by atoms with Crippen LogP contribution < -0.4 is 5.32 Å². The predicted molar refractivity (Wildman–Crippen MR) is 83.8 cm³/mol. The number of benzene rings is 2. The Labute approximate surface area is 122 Å². The van der Waals surface area contributed by atoms with E-state index in [1.165, 1.54) is 11.6 Å². The molecular weight excluding hydrogens is 271 g/mol. The first-order valence-electron chi connectivity index (χ1n) is 6.51.